The number of carbonyl (C=O) groups excluding carboxylic acids is 8. The molecule has 0 radical (unpaired) electrons. The second-order valence-electron chi connectivity index (χ2n) is 18.7. The fourth-order valence-electron chi connectivity index (χ4n) is 8.61. The summed E-state index contributed by atoms with van der Waals surface area (Å²) < 4.78 is 11.9. The number of nitrogens with two attached hydrogens (primary N) is 1. The second kappa shape index (κ2) is 26.2. The van der Waals surface area contributed by atoms with Crippen LogP contribution in [0.2, 0.25) is 0 Å². The van der Waals surface area contributed by atoms with Crippen molar-refractivity contribution >= 4 is 63.0 Å². The number of Topliss-reactive ketones (excluding diaryl/α,β-unsaturated/α-hetero) is 2. The van der Waals surface area contributed by atoms with Crippen molar-refractivity contribution in [1.29, 1.82) is 0 Å². The number of amides is 5. The molecule has 2 heterocycles. The molecule has 0 aromatic heterocycles. The number of likely N-dealkylation sites (N-methyl/N-ethyl adjacent to an activating group) is 1. The molecule has 2 unspecified atom stereocenters. The zero-order chi connectivity index (χ0) is 49.6. The molecule has 10 atom stereocenters. The quantitative estimate of drug-likeness (QED) is 0.110. The molecule has 1 aromatic carbocycles. The molecule has 1 aromatic rings. The van der Waals surface area contributed by atoms with Gasteiger partial charge in [-0.2, -0.15) is 0 Å². The Morgan fingerprint density at radius 1 is 1.00 bits per heavy atom. The van der Waals surface area contributed by atoms with E-state index in [9.17, 15) is 43.5 Å². The van der Waals surface area contributed by atoms with Crippen LogP contribution in [0.5, 0.6) is 5.75 Å². The number of piperidine rings is 1. The number of ether oxygens (including phenoxy) is 2. The Labute approximate surface area is 398 Å². The van der Waals surface area contributed by atoms with Gasteiger partial charge in [0.1, 0.15) is 48.0 Å². The molecule has 0 saturated carbocycles. The zero-order valence-corrected chi connectivity index (χ0v) is 42.1. The third-order valence-corrected chi connectivity index (χ3v) is 13.6. The summed E-state index contributed by atoms with van der Waals surface area (Å²) in [6.07, 6.45) is -0.692. The number of nitrogens with zero attached hydrogens (tertiary/aromatic N) is 2. The SMILES string of the molecule is CCCC(=O)C[C@H](C(=O)N[C@@H]1C(=O)N[C@@H](CCCCN)C(=O)CC2CC[C@@H](O)N(C2=O)[C@@H]([C@@H](C)CC)C(=O)N(C)C(Cc2ccc(OC)c(Br)c2)C(=O)N[C@@H](C(C)C)C(=O)O[C@@H]1C)C(C)C. The number of aliphatic hydroxyl groups excluding tert-OH is 1. The molecule has 2 aliphatic rings. The maximum atomic E-state index is 15.0. The van der Waals surface area contributed by atoms with E-state index in [1.807, 2.05) is 13.8 Å². The number of fused-ring (bicyclic) bond motifs is 2. The Balaban J connectivity index is 2.26. The number of esters is 1. The van der Waals surface area contributed by atoms with Crippen LogP contribution in [-0.2, 0) is 49.5 Å². The standard InChI is InChI=1S/C48H75BrN6O11/c1-11-15-32(56)25-33(26(3)4)43(59)53-41-29(8)66-48(64)40(27(5)6)52-44(60)36(23-30-17-19-38(65-10)34(49)22-30)54(9)47(63)42(28(7)12-2)55-39(58)20-18-31(46(55)62)24-37(57)35(51-45(41)61)16-13-14-21-50/h17,19,22,26-29,31,33,35-36,39-42,58H,11-16,18,20-21,23-25,50H2,1-10H3,(H,51,61)(H,52,60)(H,53,59)/t28-,29+,31?,33-,35-,36?,39+,40-,41-,42-/m0/s1. The average Bonchev–Trinajstić information content (AvgIpc) is 3.26. The smallest absolute Gasteiger partial charge is 0.329 e. The molecule has 2 fully saturated rings. The van der Waals surface area contributed by atoms with Crippen LogP contribution in [0.25, 0.3) is 0 Å². The van der Waals surface area contributed by atoms with Gasteiger partial charge < -0.3 is 46.1 Å². The number of halogens is 1. The van der Waals surface area contributed by atoms with E-state index in [1.165, 1.54) is 26.0 Å². The zero-order valence-electron chi connectivity index (χ0n) is 40.5. The van der Waals surface area contributed by atoms with E-state index in [4.69, 9.17) is 15.2 Å². The summed E-state index contributed by atoms with van der Waals surface area (Å²) in [5.41, 5.74) is 6.41. The van der Waals surface area contributed by atoms with Gasteiger partial charge in [-0.1, -0.05) is 61.0 Å². The maximum Gasteiger partial charge on any atom is 0.329 e. The van der Waals surface area contributed by atoms with Crippen molar-refractivity contribution in [3.05, 3.63) is 28.2 Å². The van der Waals surface area contributed by atoms with Crippen LogP contribution in [-0.4, -0.2) is 125 Å². The molecule has 18 heteroatoms. The van der Waals surface area contributed by atoms with Gasteiger partial charge in [0.05, 0.1) is 17.6 Å². The van der Waals surface area contributed by atoms with Crippen LogP contribution in [0.15, 0.2) is 22.7 Å². The van der Waals surface area contributed by atoms with E-state index in [1.54, 1.807) is 52.8 Å². The van der Waals surface area contributed by atoms with Crippen molar-refractivity contribution in [2.75, 3.05) is 20.7 Å². The highest BCUT2D eigenvalue weighted by Crippen LogP contribution is 2.33. The monoisotopic (exact) mass is 990 g/mol. The number of ketones is 2. The van der Waals surface area contributed by atoms with Crippen LogP contribution in [0, 0.1) is 29.6 Å². The van der Waals surface area contributed by atoms with Crippen LogP contribution in [0.3, 0.4) is 0 Å². The van der Waals surface area contributed by atoms with Gasteiger partial charge in [0, 0.05) is 44.6 Å². The minimum atomic E-state index is -1.57. The molecule has 0 aliphatic carbocycles. The van der Waals surface area contributed by atoms with Gasteiger partial charge in [-0.3, -0.25) is 33.6 Å². The minimum absolute atomic E-state index is 0.0502. The molecular formula is C48H75BrN6O11. The molecule has 66 heavy (non-hydrogen) atoms. The fraction of sp³-hybridized carbons (Fsp3) is 0.708. The highest BCUT2D eigenvalue weighted by Gasteiger charge is 2.47. The van der Waals surface area contributed by atoms with Gasteiger partial charge >= 0.3 is 5.97 Å². The molecule has 17 nitrogen and oxygen atoms in total. The number of benzene rings is 1. The van der Waals surface area contributed by atoms with Crippen molar-refractivity contribution in [1.82, 2.24) is 25.8 Å². The number of aliphatic hydroxyl groups is 1. The lowest BCUT2D eigenvalue weighted by molar-refractivity contribution is -0.170. The first-order chi connectivity index (χ1) is 31.1. The Bertz CT molecular complexity index is 1880. The summed E-state index contributed by atoms with van der Waals surface area (Å²) in [5.74, 6) is -7.69. The minimum Gasteiger partial charge on any atom is -0.496 e. The van der Waals surface area contributed by atoms with Gasteiger partial charge in [-0.05, 0) is 103 Å². The molecule has 2 aliphatic heterocycles. The van der Waals surface area contributed by atoms with Gasteiger partial charge in [0.15, 0.2) is 5.78 Å². The lowest BCUT2D eigenvalue weighted by Gasteiger charge is -2.44. The first kappa shape index (κ1) is 55.9. The number of hydrogen-bond donors (Lipinski definition) is 5. The predicted octanol–water partition coefficient (Wildman–Crippen LogP) is 3.97. The summed E-state index contributed by atoms with van der Waals surface area (Å²) in [6, 6.07) is -1.40. The molecule has 0 spiro atoms. The molecule has 370 valence electrons. The van der Waals surface area contributed by atoms with Crippen LogP contribution < -0.4 is 26.4 Å². The van der Waals surface area contributed by atoms with Gasteiger partial charge in [0.25, 0.3) is 0 Å². The molecular weight excluding hydrogens is 916 g/mol. The van der Waals surface area contributed by atoms with E-state index in [-0.39, 0.29) is 56.6 Å². The fourth-order valence-corrected chi connectivity index (χ4v) is 9.20. The van der Waals surface area contributed by atoms with Crippen LogP contribution >= 0.6 is 15.9 Å². The average molecular weight is 992 g/mol. The molecule has 5 amide bonds. The van der Waals surface area contributed by atoms with Gasteiger partial charge in [-0.15, -0.1) is 0 Å². The highest BCUT2D eigenvalue weighted by atomic mass is 79.9. The lowest BCUT2D eigenvalue weighted by atomic mass is 9.85. The normalized spacial score (nSPS) is 26.2. The van der Waals surface area contributed by atoms with Crippen LogP contribution in [0.4, 0.5) is 0 Å². The number of carbonyl (C=O) groups is 8. The maximum absolute atomic E-state index is 15.0. The van der Waals surface area contributed by atoms with E-state index < -0.39 is 108 Å². The Morgan fingerprint density at radius 2 is 1.68 bits per heavy atom. The first-order valence-electron chi connectivity index (χ1n) is 23.6. The third kappa shape index (κ3) is 14.8. The van der Waals surface area contributed by atoms with Crippen molar-refractivity contribution in [2.45, 2.75) is 169 Å². The lowest BCUT2D eigenvalue weighted by Crippen LogP contribution is -2.63. The Hall–Kier alpha value is -4.42. The summed E-state index contributed by atoms with van der Waals surface area (Å²) in [4.78, 5) is 117. The predicted molar refractivity (Wildman–Crippen MR) is 251 cm³/mol. The van der Waals surface area contributed by atoms with E-state index in [0.29, 0.717) is 48.0 Å². The van der Waals surface area contributed by atoms with E-state index in [0.717, 1.165) is 4.90 Å². The summed E-state index contributed by atoms with van der Waals surface area (Å²) in [6.45, 7) is 14.1. The van der Waals surface area contributed by atoms with Crippen molar-refractivity contribution < 1.29 is 52.9 Å². The van der Waals surface area contributed by atoms with Crippen molar-refractivity contribution in [2.24, 2.45) is 35.3 Å². The number of rotatable bonds is 17. The number of hydrogen-bond acceptors (Lipinski definition) is 12. The summed E-state index contributed by atoms with van der Waals surface area (Å²) >= 11 is 3.49. The number of nitrogens with one attached hydrogen (secondary N) is 3. The molecule has 6 N–H and O–H groups in total. The van der Waals surface area contributed by atoms with Crippen molar-refractivity contribution in [3.63, 3.8) is 0 Å². The Morgan fingerprint density at radius 3 is 2.26 bits per heavy atom. The van der Waals surface area contributed by atoms with Crippen LogP contribution in [0.1, 0.15) is 125 Å². The second-order valence-corrected chi connectivity index (χ2v) is 19.5. The third-order valence-electron chi connectivity index (χ3n) is 13.0. The highest BCUT2D eigenvalue weighted by molar-refractivity contribution is 9.10. The Kier molecular flexibility index (Phi) is 22.2. The van der Waals surface area contributed by atoms with E-state index in [2.05, 4.69) is 31.9 Å². The topological polar surface area (TPSA) is 244 Å². The molecule has 2 saturated heterocycles. The largest absolute Gasteiger partial charge is 0.496 e. The number of cyclic esters (lactones) is 1. The summed E-state index contributed by atoms with van der Waals surface area (Å²) in [7, 11) is 2.95. The molecule has 3 rings (SSSR count). The number of methoxy groups -OCH3 is 1. The van der Waals surface area contributed by atoms with Crippen molar-refractivity contribution in [3.8, 4) is 5.75 Å². The number of unbranched alkanes of at least 4 members (excludes halogenated alkanes) is 1. The van der Waals surface area contributed by atoms with E-state index >= 15 is 0 Å². The first-order valence-corrected chi connectivity index (χ1v) is 24.4. The molecule has 2 bridgehead atoms. The van der Waals surface area contributed by atoms with Gasteiger partial charge in [0.2, 0.25) is 29.5 Å². The summed E-state index contributed by atoms with van der Waals surface area (Å²) in [5, 5.41) is 19.8. The van der Waals surface area contributed by atoms with Gasteiger partial charge in [-0.25, -0.2) is 4.79 Å².